The number of hydrogen-bond acceptors (Lipinski definition) is 4. The van der Waals surface area contributed by atoms with Crippen LogP contribution in [0.2, 0.25) is 0 Å². The molecular weight excluding hydrogens is 188 g/mol. The van der Waals surface area contributed by atoms with E-state index in [2.05, 4.69) is 41.0 Å². The highest BCUT2D eigenvalue weighted by Crippen LogP contribution is 2.11. The van der Waals surface area contributed by atoms with Gasteiger partial charge in [0.05, 0.1) is 12.4 Å². The fourth-order valence-corrected chi connectivity index (χ4v) is 1.39. The predicted molar refractivity (Wildman–Crippen MR) is 64.4 cm³/mol. The minimum atomic E-state index is 0.862. The molecule has 0 radical (unpaired) electrons. The molecule has 0 spiro atoms. The second-order valence-electron chi connectivity index (χ2n) is 3.36. The van der Waals surface area contributed by atoms with Crippen LogP contribution in [0.3, 0.4) is 0 Å². The monoisotopic (exact) mass is 208 g/mol. The fourth-order valence-electron chi connectivity index (χ4n) is 1.39. The molecule has 0 aliphatic carbocycles. The topological polar surface area (TPSA) is 41.1 Å². The summed E-state index contributed by atoms with van der Waals surface area (Å²) in [5, 5.41) is 3.24. The van der Waals surface area contributed by atoms with Crippen LogP contribution in [0, 0.1) is 0 Å². The SMILES string of the molecule is CCCNc1cncc(N(CC)CC)n1. The van der Waals surface area contributed by atoms with E-state index in [0.29, 0.717) is 0 Å². The van der Waals surface area contributed by atoms with E-state index < -0.39 is 0 Å². The number of aromatic nitrogens is 2. The average molecular weight is 208 g/mol. The van der Waals surface area contributed by atoms with E-state index in [-0.39, 0.29) is 0 Å². The highest BCUT2D eigenvalue weighted by Gasteiger charge is 2.04. The molecule has 0 bridgehead atoms. The van der Waals surface area contributed by atoms with E-state index in [9.17, 15) is 0 Å². The molecule has 0 saturated carbocycles. The molecule has 0 saturated heterocycles. The first-order chi connectivity index (χ1) is 7.31. The molecule has 1 aromatic heterocycles. The highest BCUT2D eigenvalue weighted by atomic mass is 15.2. The number of hydrogen-bond donors (Lipinski definition) is 1. The molecule has 4 nitrogen and oxygen atoms in total. The zero-order chi connectivity index (χ0) is 11.1. The van der Waals surface area contributed by atoms with Crippen molar-refractivity contribution in [2.45, 2.75) is 27.2 Å². The van der Waals surface area contributed by atoms with Gasteiger partial charge in [-0.2, -0.15) is 0 Å². The van der Waals surface area contributed by atoms with Crippen molar-refractivity contribution >= 4 is 11.6 Å². The van der Waals surface area contributed by atoms with Crippen molar-refractivity contribution in [3.05, 3.63) is 12.4 Å². The first-order valence-electron chi connectivity index (χ1n) is 5.62. The van der Waals surface area contributed by atoms with Crippen LogP contribution in [0.15, 0.2) is 12.4 Å². The molecular formula is C11H20N4. The Hall–Kier alpha value is -1.32. The molecule has 4 heteroatoms. The van der Waals surface area contributed by atoms with E-state index in [1.54, 1.807) is 6.20 Å². The van der Waals surface area contributed by atoms with Crippen molar-refractivity contribution in [3.63, 3.8) is 0 Å². The van der Waals surface area contributed by atoms with E-state index in [4.69, 9.17) is 0 Å². The van der Waals surface area contributed by atoms with Gasteiger partial charge < -0.3 is 10.2 Å². The summed E-state index contributed by atoms with van der Waals surface area (Å²) in [4.78, 5) is 10.9. The zero-order valence-corrected chi connectivity index (χ0v) is 9.82. The molecule has 1 rings (SSSR count). The Balaban J connectivity index is 2.72. The molecule has 1 aromatic rings. The van der Waals surface area contributed by atoms with Crippen molar-refractivity contribution in [1.82, 2.24) is 9.97 Å². The molecule has 0 aromatic carbocycles. The molecule has 0 unspecified atom stereocenters. The van der Waals surface area contributed by atoms with Gasteiger partial charge >= 0.3 is 0 Å². The lowest BCUT2D eigenvalue weighted by molar-refractivity contribution is 0.839. The van der Waals surface area contributed by atoms with Crippen LogP contribution in [0.1, 0.15) is 27.2 Å². The van der Waals surface area contributed by atoms with Gasteiger partial charge in [-0.3, -0.25) is 4.98 Å². The highest BCUT2D eigenvalue weighted by molar-refractivity contribution is 5.43. The van der Waals surface area contributed by atoms with Crippen LogP contribution >= 0.6 is 0 Å². The fraction of sp³-hybridized carbons (Fsp3) is 0.636. The van der Waals surface area contributed by atoms with Gasteiger partial charge in [0.25, 0.3) is 0 Å². The van der Waals surface area contributed by atoms with Crippen molar-refractivity contribution < 1.29 is 0 Å². The first kappa shape index (κ1) is 11.8. The van der Waals surface area contributed by atoms with Crippen molar-refractivity contribution in [2.24, 2.45) is 0 Å². The third-order valence-corrected chi connectivity index (χ3v) is 2.27. The van der Waals surface area contributed by atoms with Gasteiger partial charge in [-0.1, -0.05) is 6.92 Å². The molecule has 1 heterocycles. The van der Waals surface area contributed by atoms with E-state index in [1.807, 2.05) is 6.20 Å². The molecule has 0 atom stereocenters. The van der Waals surface area contributed by atoms with E-state index in [0.717, 1.165) is 37.7 Å². The van der Waals surface area contributed by atoms with Gasteiger partial charge in [-0.25, -0.2) is 4.98 Å². The standard InChI is InChI=1S/C11H20N4/c1-4-7-13-10-8-12-9-11(14-10)15(5-2)6-3/h8-9H,4-7H2,1-3H3,(H,13,14). The van der Waals surface area contributed by atoms with Gasteiger partial charge in [-0.05, 0) is 20.3 Å². The maximum Gasteiger partial charge on any atom is 0.149 e. The summed E-state index contributed by atoms with van der Waals surface area (Å²) >= 11 is 0. The van der Waals surface area contributed by atoms with Crippen molar-refractivity contribution in [1.29, 1.82) is 0 Å². The summed E-state index contributed by atoms with van der Waals surface area (Å²) in [6.07, 6.45) is 4.67. The molecule has 15 heavy (non-hydrogen) atoms. The maximum absolute atomic E-state index is 4.50. The van der Waals surface area contributed by atoms with E-state index >= 15 is 0 Å². The number of nitrogens with zero attached hydrogens (tertiary/aromatic N) is 3. The number of rotatable bonds is 6. The van der Waals surface area contributed by atoms with Crippen LogP contribution in [-0.4, -0.2) is 29.6 Å². The van der Waals surface area contributed by atoms with E-state index in [1.165, 1.54) is 0 Å². The summed E-state index contributed by atoms with van der Waals surface area (Å²) in [6.45, 7) is 9.24. The molecule has 0 aliphatic heterocycles. The summed E-state index contributed by atoms with van der Waals surface area (Å²) < 4.78 is 0. The maximum atomic E-state index is 4.50. The first-order valence-corrected chi connectivity index (χ1v) is 5.62. The summed E-state index contributed by atoms with van der Waals surface area (Å²) in [6, 6.07) is 0. The van der Waals surface area contributed by atoms with Crippen molar-refractivity contribution in [2.75, 3.05) is 29.9 Å². The number of nitrogens with one attached hydrogen (secondary N) is 1. The molecule has 84 valence electrons. The Morgan fingerprint density at radius 2 is 1.93 bits per heavy atom. The second kappa shape index (κ2) is 6.22. The van der Waals surface area contributed by atoms with Crippen LogP contribution in [0.25, 0.3) is 0 Å². The van der Waals surface area contributed by atoms with Crippen LogP contribution in [0.4, 0.5) is 11.6 Å². The molecule has 0 amide bonds. The van der Waals surface area contributed by atoms with Crippen LogP contribution in [-0.2, 0) is 0 Å². The minimum Gasteiger partial charge on any atom is -0.369 e. The molecule has 1 N–H and O–H groups in total. The van der Waals surface area contributed by atoms with Crippen molar-refractivity contribution in [3.8, 4) is 0 Å². The predicted octanol–water partition coefficient (Wildman–Crippen LogP) is 2.14. The summed E-state index contributed by atoms with van der Waals surface area (Å²) in [7, 11) is 0. The normalized spacial score (nSPS) is 10.1. The Labute approximate surface area is 91.7 Å². The average Bonchev–Trinajstić information content (AvgIpc) is 2.29. The summed E-state index contributed by atoms with van der Waals surface area (Å²) in [5.74, 6) is 1.81. The van der Waals surface area contributed by atoms with Gasteiger partial charge in [0.15, 0.2) is 0 Å². The molecule has 0 fully saturated rings. The smallest absolute Gasteiger partial charge is 0.149 e. The van der Waals surface area contributed by atoms with Gasteiger partial charge in [0.2, 0.25) is 0 Å². The van der Waals surface area contributed by atoms with Crippen LogP contribution < -0.4 is 10.2 Å². The van der Waals surface area contributed by atoms with Gasteiger partial charge in [0, 0.05) is 19.6 Å². The lowest BCUT2D eigenvalue weighted by Crippen LogP contribution is -2.23. The Morgan fingerprint density at radius 3 is 2.53 bits per heavy atom. The van der Waals surface area contributed by atoms with Crippen LogP contribution in [0.5, 0.6) is 0 Å². The molecule has 0 aliphatic rings. The second-order valence-corrected chi connectivity index (χ2v) is 3.36. The lowest BCUT2D eigenvalue weighted by atomic mass is 10.4. The Kier molecular flexibility index (Phi) is 4.87. The third kappa shape index (κ3) is 3.38. The van der Waals surface area contributed by atoms with Gasteiger partial charge in [-0.15, -0.1) is 0 Å². The largest absolute Gasteiger partial charge is 0.369 e. The minimum absolute atomic E-state index is 0.862. The number of anilines is 2. The summed E-state index contributed by atoms with van der Waals surface area (Å²) in [5.41, 5.74) is 0. The Bertz CT molecular complexity index is 284. The third-order valence-electron chi connectivity index (χ3n) is 2.27. The zero-order valence-electron chi connectivity index (χ0n) is 9.82. The Morgan fingerprint density at radius 1 is 1.20 bits per heavy atom. The van der Waals surface area contributed by atoms with Gasteiger partial charge in [0.1, 0.15) is 11.6 Å². The quantitative estimate of drug-likeness (QED) is 0.777. The lowest BCUT2D eigenvalue weighted by Gasteiger charge is -2.19.